The van der Waals surface area contributed by atoms with Crippen LogP contribution < -0.4 is 0 Å². The Morgan fingerprint density at radius 1 is 0.722 bits per heavy atom. The molecule has 6 heteroatoms. The van der Waals surface area contributed by atoms with Gasteiger partial charge in [-0.1, -0.05) is 84.1 Å². The predicted octanol–water partition coefficient (Wildman–Crippen LogP) is 7.67. The fraction of sp³-hybridized carbons (Fsp3) is 0.533. The molecule has 0 saturated carbocycles. The molecule has 0 saturated heterocycles. The molecule has 0 aromatic heterocycles. The van der Waals surface area contributed by atoms with Crippen molar-refractivity contribution in [2.75, 3.05) is 6.61 Å². The summed E-state index contributed by atoms with van der Waals surface area (Å²) in [6.07, 6.45) is 9.44. The normalized spacial score (nSPS) is 12.1. The van der Waals surface area contributed by atoms with Crippen molar-refractivity contribution in [1.29, 1.82) is 0 Å². The Hall–Kier alpha value is -3.02. The number of aromatic hydroxyl groups is 2. The highest BCUT2D eigenvalue weighted by molar-refractivity contribution is 5.92. The van der Waals surface area contributed by atoms with E-state index in [0.717, 1.165) is 57.8 Å². The lowest BCUT2D eigenvalue weighted by atomic mass is 10.0. The molecule has 2 aromatic rings. The van der Waals surface area contributed by atoms with Crippen molar-refractivity contribution in [2.24, 2.45) is 5.92 Å². The van der Waals surface area contributed by atoms with Gasteiger partial charge in [-0.05, 0) is 55.9 Å². The molecule has 0 amide bonds. The van der Waals surface area contributed by atoms with E-state index in [4.69, 9.17) is 9.47 Å². The topological polar surface area (TPSA) is 93.1 Å². The molecule has 0 heterocycles. The Morgan fingerprint density at radius 3 is 1.78 bits per heavy atom. The third-order valence-corrected chi connectivity index (χ3v) is 6.10. The second kappa shape index (κ2) is 18.3. The highest BCUT2D eigenvalue weighted by atomic mass is 16.5. The van der Waals surface area contributed by atoms with Crippen LogP contribution in [0.4, 0.5) is 0 Å². The summed E-state index contributed by atoms with van der Waals surface area (Å²) in [5, 5.41) is 19.1. The monoisotopic (exact) mass is 500 g/mol. The summed E-state index contributed by atoms with van der Waals surface area (Å²) in [5.41, 5.74) is 0.481. The third kappa shape index (κ3) is 11.6. The van der Waals surface area contributed by atoms with Gasteiger partial charge in [-0.2, -0.15) is 0 Å². The van der Waals surface area contributed by atoms with E-state index < -0.39 is 11.9 Å². The maximum atomic E-state index is 11.9. The van der Waals surface area contributed by atoms with Crippen LogP contribution in [0.3, 0.4) is 0 Å². The summed E-state index contributed by atoms with van der Waals surface area (Å²) in [7, 11) is 0. The predicted molar refractivity (Wildman–Crippen MR) is 143 cm³/mol. The largest absolute Gasteiger partial charge is 0.507 e. The molecular weight excluding hydrogens is 456 g/mol. The van der Waals surface area contributed by atoms with Gasteiger partial charge in [0.25, 0.3) is 0 Å². The first-order chi connectivity index (χ1) is 17.4. The number of rotatable bonds is 14. The molecule has 36 heavy (non-hydrogen) atoms. The van der Waals surface area contributed by atoms with E-state index in [0.29, 0.717) is 12.5 Å². The second-order valence-electron chi connectivity index (χ2n) is 8.98. The molecule has 2 rings (SSSR count). The Kier molecular flexibility index (Phi) is 15.7. The molecule has 0 aliphatic rings. The van der Waals surface area contributed by atoms with Crippen LogP contribution in [0.25, 0.3) is 0 Å². The maximum absolute atomic E-state index is 11.9. The quantitative estimate of drug-likeness (QED) is 0.204. The van der Waals surface area contributed by atoms with Crippen LogP contribution in [0.2, 0.25) is 0 Å². The molecule has 200 valence electrons. The first-order valence-corrected chi connectivity index (χ1v) is 13.3. The van der Waals surface area contributed by atoms with Gasteiger partial charge in [-0.15, -0.1) is 0 Å². The number of esters is 2. The molecular formula is C30H44O6. The van der Waals surface area contributed by atoms with Gasteiger partial charge in [0.2, 0.25) is 0 Å². The number of unbranched alkanes of at least 4 members (excludes halogenated alkanes) is 3. The zero-order valence-electron chi connectivity index (χ0n) is 22.4. The fourth-order valence-electron chi connectivity index (χ4n) is 3.65. The van der Waals surface area contributed by atoms with Gasteiger partial charge in [-0.3, -0.25) is 0 Å². The summed E-state index contributed by atoms with van der Waals surface area (Å²) in [5.74, 6) is -0.505. The van der Waals surface area contributed by atoms with Crippen molar-refractivity contribution in [3.05, 3.63) is 59.7 Å². The van der Waals surface area contributed by atoms with Gasteiger partial charge in [0.05, 0.1) is 6.61 Å². The van der Waals surface area contributed by atoms with Crippen molar-refractivity contribution in [3.63, 3.8) is 0 Å². The van der Waals surface area contributed by atoms with Crippen LogP contribution in [-0.2, 0) is 9.47 Å². The van der Waals surface area contributed by atoms with Gasteiger partial charge in [-0.25, -0.2) is 9.59 Å². The highest BCUT2D eigenvalue weighted by Crippen LogP contribution is 2.20. The summed E-state index contributed by atoms with van der Waals surface area (Å²) in [4.78, 5) is 23.7. The SMILES string of the molecule is CCCCC(CC)COC(=O)c1ccccc1O.CCCCCC(CC)OC(=O)c1ccccc1O. The second-order valence-corrected chi connectivity index (χ2v) is 8.98. The zero-order valence-corrected chi connectivity index (χ0v) is 22.4. The van der Waals surface area contributed by atoms with E-state index in [1.54, 1.807) is 36.4 Å². The van der Waals surface area contributed by atoms with Gasteiger partial charge in [0.15, 0.2) is 0 Å². The molecule has 2 aromatic carbocycles. The Bertz CT molecular complexity index is 895. The van der Waals surface area contributed by atoms with Crippen molar-refractivity contribution < 1.29 is 29.3 Å². The maximum Gasteiger partial charge on any atom is 0.342 e. The molecule has 0 bridgehead atoms. The Labute approximate surface area is 216 Å². The van der Waals surface area contributed by atoms with Crippen LogP contribution in [0, 0.1) is 5.92 Å². The van der Waals surface area contributed by atoms with Crippen LogP contribution in [0.5, 0.6) is 11.5 Å². The van der Waals surface area contributed by atoms with E-state index in [-0.39, 0.29) is 28.7 Å². The third-order valence-electron chi connectivity index (χ3n) is 6.10. The fourth-order valence-corrected chi connectivity index (χ4v) is 3.65. The minimum Gasteiger partial charge on any atom is -0.507 e. The molecule has 0 spiro atoms. The standard InChI is InChI=1S/2C15H22O3/c1-3-5-8-12(4-2)11-18-15(17)13-9-6-7-10-14(13)16;1-3-5-6-9-12(4-2)18-15(17)13-10-7-8-11-14(13)16/h6-7,9-10,12,16H,3-5,8,11H2,1-2H3;7-8,10-12,16H,3-6,9H2,1-2H3. The average Bonchev–Trinajstić information content (AvgIpc) is 2.89. The number of para-hydroxylation sites is 2. The number of phenolic OH excluding ortho intramolecular Hbond substituents is 2. The van der Waals surface area contributed by atoms with E-state index in [1.807, 2.05) is 6.92 Å². The number of benzene rings is 2. The number of hydrogen-bond donors (Lipinski definition) is 2. The van der Waals surface area contributed by atoms with Crippen molar-refractivity contribution >= 4 is 11.9 Å². The van der Waals surface area contributed by atoms with Crippen LogP contribution in [0.15, 0.2) is 48.5 Å². The molecule has 0 radical (unpaired) electrons. The molecule has 2 N–H and O–H groups in total. The Morgan fingerprint density at radius 2 is 1.28 bits per heavy atom. The van der Waals surface area contributed by atoms with Gasteiger partial charge in [0.1, 0.15) is 28.7 Å². The molecule has 2 unspecified atom stereocenters. The minimum absolute atomic E-state index is 0.0223. The van der Waals surface area contributed by atoms with E-state index in [1.165, 1.54) is 12.1 Å². The zero-order chi connectivity index (χ0) is 26.8. The van der Waals surface area contributed by atoms with Crippen LogP contribution in [-0.4, -0.2) is 34.9 Å². The molecule has 6 nitrogen and oxygen atoms in total. The number of carbonyl (C=O) groups excluding carboxylic acids is 2. The molecule has 0 aliphatic carbocycles. The highest BCUT2D eigenvalue weighted by Gasteiger charge is 2.17. The summed E-state index contributed by atoms with van der Waals surface area (Å²) >= 11 is 0. The molecule has 2 atom stereocenters. The first kappa shape index (κ1) is 31.0. The summed E-state index contributed by atoms with van der Waals surface area (Å²) < 4.78 is 10.7. The number of ether oxygens (including phenoxy) is 2. The first-order valence-electron chi connectivity index (χ1n) is 13.3. The molecule has 0 aliphatic heterocycles. The van der Waals surface area contributed by atoms with Gasteiger partial charge < -0.3 is 19.7 Å². The van der Waals surface area contributed by atoms with Crippen LogP contribution >= 0.6 is 0 Å². The average molecular weight is 501 g/mol. The lowest BCUT2D eigenvalue weighted by Crippen LogP contribution is -2.17. The number of carbonyl (C=O) groups is 2. The summed E-state index contributed by atoms with van der Waals surface area (Å²) in [6, 6.07) is 12.9. The minimum atomic E-state index is -0.442. The summed E-state index contributed by atoms with van der Waals surface area (Å²) in [6.45, 7) is 8.85. The smallest absolute Gasteiger partial charge is 0.342 e. The van der Waals surface area contributed by atoms with Gasteiger partial charge >= 0.3 is 11.9 Å². The van der Waals surface area contributed by atoms with Crippen molar-refractivity contribution in [2.45, 2.75) is 91.6 Å². The Balaban J connectivity index is 0.000000360. The molecule has 0 fully saturated rings. The van der Waals surface area contributed by atoms with E-state index in [9.17, 15) is 19.8 Å². The number of hydrogen-bond acceptors (Lipinski definition) is 6. The van der Waals surface area contributed by atoms with E-state index in [2.05, 4.69) is 20.8 Å². The van der Waals surface area contributed by atoms with Crippen LogP contribution in [0.1, 0.15) is 106 Å². The van der Waals surface area contributed by atoms with Crippen molar-refractivity contribution in [3.8, 4) is 11.5 Å². The lowest BCUT2D eigenvalue weighted by molar-refractivity contribution is 0.0263. The lowest BCUT2D eigenvalue weighted by Gasteiger charge is -2.16. The van der Waals surface area contributed by atoms with Gasteiger partial charge in [0, 0.05) is 0 Å². The number of phenols is 2. The van der Waals surface area contributed by atoms with Crippen molar-refractivity contribution in [1.82, 2.24) is 0 Å². The van der Waals surface area contributed by atoms with E-state index >= 15 is 0 Å².